The third-order valence-corrected chi connectivity index (χ3v) is 16.1. The number of carbonyl (C=O) groups excluding carboxylic acids is 1. The number of rotatable bonds is 47. The van der Waals surface area contributed by atoms with E-state index in [2.05, 4.69) is 31.3 Å². The molecule has 0 aliphatic carbocycles. The van der Waals surface area contributed by atoms with Crippen molar-refractivity contribution in [3.05, 3.63) is 12.2 Å². The Morgan fingerprint density at radius 2 is 0.797 bits per heavy atom. The molecule has 3 saturated heterocycles. The fourth-order valence-electron chi connectivity index (χ4n) is 10.9. The van der Waals surface area contributed by atoms with Crippen LogP contribution in [0.25, 0.3) is 0 Å². The molecule has 0 spiro atoms. The molecular formula is C60H113NO18. The molecule has 0 bridgehead atoms. The van der Waals surface area contributed by atoms with Gasteiger partial charge >= 0.3 is 0 Å². The van der Waals surface area contributed by atoms with E-state index >= 15 is 0 Å². The van der Waals surface area contributed by atoms with E-state index in [1.165, 1.54) is 141 Å². The number of aliphatic hydroxyl groups is 11. The topological polar surface area (TPSA) is 307 Å². The van der Waals surface area contributed by atoms with Crippen LogP contribution in [-0.2, 0) is 33.2 Å². The normalized spacial score (nSPS) is 30.3. The first-order valence-corrected chi connectivity index (χ1v) is 31.4. The summed E-state index contributed by atoms with van der Waals surface area (Å²) < 4.78 is 34.3. The fourth-order valence-corrected chi connectivity index (χ4v) is 10.9. The maximum Gasteiger partial charge on any atom is 0.220 e. The summed E-state index contributed by atoms with van der Waals surface area (Å²) in [6.07, 6.45) is 17.1. The zero-order chi connectivity index (χ0) is 57.6. The maximum absolute atomic E-state index is 13.4. The lowest BCUT2D eigenvalue weighted by Gasteiger charge is -2.48. The number of hydrogen-bond acceptors (Lipinski definition) is 18. The molecule has 1 amide bonds. The summed E-state index contributed by atoms with van der Waals surface area (Å²) in [5.41, 5.74) is 0. The Hall–Kier alpha value is -1.47. The smallest absolute Gasteiger partial charge is 0.220 e. The summed E-state index contributed by atoms with van der Waals surface area (Å²) in [7, 11) is 0. The van der Waals surface area contributed by atoms with Gasteiger partial charge in [0.2, 0.25) is 5.91 Å². The number of unbranched alkanes of at least 4 members (excludes halogenated alkanes) is 29. The van der Waals surface area contributed by atoms with Gasteiger partial charge in [-0.1, -0.05) is 199 Å². The average Bonchev–Trinajstić information content (AvgIpc) is 3.54. The number of hydrogen-bond donors (Lipinski definition) is 12. The zero-order valence-corrected chi connectivity index (χ0v) is 48.6. The van der Waals surface area contributed by atoms with Crippen molar-refractivity contribution in [1.29, 1.82) is 0 Å². The Kier molecular flexibility index (Phi) is 40.1. The molecule has 3 aliphatic heterocycles. The highest BCUT2D eigenvalue weighted by atomic mass is 16.8. The van der Waals surface area contributed by atoms with Gasteiger partial charge in [-0.15, -0.1) is 0 Å². The van der Waals surface area contributed by atoms with Crippen molar-refractivity contribution >= 4 is 5.91 Å². The number of allylic oxidation sites excluding steroid dienone is 2. The standard InChI is InChI=1S/C60H113NO18/c1-3-5-7-9-11-13-15-17-19-21-23-25-27-29-31-33-35-37-44(65)43(61-48(66)38-36-34-32-30-28-26-24-22-20-18-16-14-12-10-8-6-4-2)42-74-58-54(72)51(69)56(46(40-63)76-58)79-60-55(73)52(70)57(47(41-64)77-60)78-59-53(71)50(68)49(67)45(39-62)75-59/h18,20,43-47,49-60,62-65,67-73H,3-17,19,21-42H2,1-2H3,(H,61,66)/b20-18-. The molecule has 3 rings (SSSR count). The van der Waals surface area contributed by atoms with Crippen molar-refractivity contribution in [3.63, 3.8) is 0 Å². The molecule has 466 valence electrons. The van der Waals surface area contributed by atoms with E-state index in [0.29, 0.717) is 12.8 Å². The second-order valence-corrected chi connectivity index (χ2v) is 22.9. The van der Waals surface area contributed by atoms with Gasteiger partial charge < -0.3 is 89.9 Å². The van der Waals surface area contributed by atoms with Crippen LogP contribution in [0.3, 0.4) is 0 Å². The molecule has 79 heavy (non-hydrogen) atoms. The molecule has 12 N–H and O–H groups in total. The third-order valence-electron chi connectivity index (χ3n) is 16.1. The van der Waals surface area contributed by atoms with Crippen LogP contribution >= 0.6 is 0 Å². The van der Waals surface area contributed by atoms with Crippen LogP contribution in [0.5, 0.6) is 0 Å². The number of aliphatic hydroxyl groups excluding tert-OH is 11. The van der Waals surface area contributed by atoms with Gasteiger partial charge in [0.15, 0.2) is 18.9 Å². The molecule has 0 aromatic heterocycles. The van der Waals surface area contributed by atoms with Gasteiger partial charge in [-0.25, -0.2) is 0 Å². The van der Waals surface area contributed by atoms with Crippen LogP contribution in [0, 0.1) is 0 Å². The van der Waals surface area contributed by atoms with E-state index in [-0.39, 0.29) is 18.9 Å². The summed E-state index contributed by atoms with van der Waals surface area (Å²) in [4.78, 5) is 13.4. The van der Waals surface area contributed by atoms with Crippen LogP contribution < -0.4 is 5.32 Å². The SMILES string of the molecule is CCCCCCCC/C=C\CCCCCCCCCC(=O)NC(COC1OC(CO)C(OC2OC(CO)C(OC3OC(CO)C(O)C(O)C3O)C(O)C2O)C(O)C1O)C(O)CCCCCCCCCCCCCCCCCCC. The summed E-state index contributed by atoms with van der Waals surface area (Å²) >= 11 is 0. The minimum absolute atomic E-state index is 0.245. The first-order valence-electron chi connectivity index (χ1n) is 31.4. The zero-order valence-electron chi connectivity index (χ0n) is 48.6. The number of amides is 1. The molecule has 3 heterocycles. The molecule has 19 heteroatoms. The minimum atomic E-state index is -1.97. The Morgan fingerprint density at radius 1 is 0.443 bits per heavy atom. The molecule has 0 radical (unpaired) electrons. The number of ether oxygens (including phenoxy) is 6. The molecule has 3 aliphatic rings. The van der Waals surface area contributed by atoms with Gasteiger partial charge in [0.25, 0.3) is 0 Å². The van der Waals surface area contributed by atoms with Gasteiger partial charge in [0.1, 0.15) is 73.2 Å². The number of nitrogens with one attached hydrogen (secondary N) is 1. The summed E-state index contributed by atoms with van der Waals surface area (Å²) in [6, 6.07) is -0.885. The monoisotopic (exact) mass is 1140 g/mol. The Morgan fingerprint density at radius 3 is 1.23 bits per heavy atom. The van der Waals surface area contributed by atoms with Gasteiger partial charge in [-0.2, -0.15) is 0 Å². The van der Waals surface area contributed by atoms with E-state index in [1.54, 1.807) is 0 Å². The fraction of sp³-hybridized carbons (Fsp3) is 0.950. The largest absolute Gasteiger partial charge is 0.394 e. The van der Waals surface area contributed by atoms with Crippen molar-refractivity contribution in [2.45, 2.75) is 336 Å². The minimum Gasteiger partial charge on any atom is -0.394 e. The van der Waals surface area contributed by atoms with Crippen LogP contribution in [0.4, 0.5) is 0 Å². The predicted molar refractivity (Wildman–Crippen MR) is 300 cm³/mol. The maximum atomic E-state index is 13.4. The summed E-state index contributed by atoms with van der Waals surface area (Å²) in [5.74, 6) is -0.245. The summed E-state index contributed by atoms with van der Waals surface area (Å²) in [6.45, 7) is 1.80. The van der Waals surface area contributed by atoms with Crippen molar-refractivity contribution in [3.8, 4) is 0 Å². The highest BCUT2D eigenvalue weighted by molar-refractivity contribution is 5.76. The van der Waals surface area contributed by atoms with E-state index in [1.807, 2.05) is 0 Å². The molecule has 17 unspecified atom stereocenters. The van der Waals surface area contributed by atoms with Crippen molar-refractivity contribution in [1.82, 2.24) is 5.32 Å². The van der Waals surface area contributed by atoms with Crippen LogP contribution in [-0.4, -0.2) is 193 Å². The van der Waals surface area contributed by atoms with Crippen molar-refractivity contribution in [2.24, 2.45) is 0 Å². The Balaban J connectivity index is 1.48. The molecule has 17 atom stereocenters. The van der Waals surface area contributed by atoms with Gasteiger partial charge in [0.05, 0.1) is 38.6 Å². The van der Waals surface area contributed by atoms with Crippen LogP contribution in [0.1, 0.15) is 232 Å². The quantitative estimate of drug-likeness (QED) is 0.0240. The van der Waals surface area contributed by atoms with Gasteiger partial charge in [-0.05, 0) is 38.5 Å². The van der Waals surface area contributed by atoms with E-state index < -0.39 is 124 Å². The first-order chi connectivity index (χ1) is 38.3. The highest BCUT2D eigenvalue weighted by Gasteiger charge is 2.53. The molecule has 0 aromatic carbocycles. The lowest BCUT2D eigenvalue weighted by atomic mass is 9.96. The molecule has 19 nitrogen and oxygen atoms in total. The summed E-state index contributed by atoms with van der Waals surface area (Å²) in [5, 5.41) is 120. The predicted octanol–water partition coefficient (Wildman–Crippen LogP) is 6.16. The van der Waals surface area contributed by atoms with Crippen molar-refractivity contribution < 1.29 is 89.4 Å². The number of carbonyl (C=O) groups is 1. The van der Waals surface area contributed by atoms with E-state index in [9.17, 15) is 61.0 Å². The van der Waals surface area contributed by atoms with Crippen LogP contribution in [0.15, 0.2) is 12.2 Å². The first kappa shape index (κ1) is 71.8. The molecule has 3 fully saturated rings. The average molecular weight is 1140 g/mol. The van der Waals surface area contributed by atoms with Crippen LogP contribution in [0.2, 0.25) is 0 Å². The second kappa shape index (κ2) is 44.1. The molecular weight excluding hydrogens is 1020 g/mol. The van der Waals surface area contributed by atoms with Crippen molar-refractivity contribution in [2.75, 3.05) is 26.4 Å². The van der Waals surface area contributed by atoms with Gasteiger partial charge in [-0.3, -0.25) is 4.79 Å². The Labute approximate surface area is 474 Å². The highest BCUT2D eigenvalue weighted by Crippen LogP contribution is 2.33. The lowest BCUT2D eigenvalue weighted by Crippen LogP contribution is -2.66. The molecule has 0 aromatic rings. The third kappa shape index (κ3) is 27.9. The van der Waals surface area contributed by atoms with Gasteiger partial charge in [0, 0.05) is 6.42 Å². The van der Waals surface area contributed by atoms with E-state index in [4.69, 9.17) is 28.4 Å². The Bertz CT molecular complexity index is 1500. The van der Waals surface area contributed by atoms with E-state index in [0.717, 1.165) is 57.8 Å². The lowest BCUT2D eigenvalue weighted by molar-refractivity contribution is -0.379. The second-order valence-electron chi connectivity index (χ2n) is 22.9. The molecule has 0 saturated carbocycles.